The van der Waals surface area contributed by atoms with Crippen molar-refractivity contribution in [2.75, 3.05) is 6.54 Å². The Morgan fingerprint density at radius 2 is 1.76 bits per heavy atom. The summed E-state index contributed by atoms with van der Waals surface area (Å²) < 4.78 is 12.6. The van der Waals surface area contributed by atoms with Crippen LogP contribution in [0.15, 0.2) is 65.1 Å². The summed E-state index contributed by atoms with van der Waals surface area (Å²) in [7, 11) is 0. The van der Waals surface area contributed by atoms with Crippen molar-refractivity contribution < 1.29 is 24.2 Å². The SMILES string of the molecule is O=C(NCCc1ccc(Cl)cc1Br)c1ccc(OC2CC(C(=O)O)c3cc(Cl)ccc3O2)cc1. The number of hydrogen-bond acceptors (Lipinski definition) is 4. The molecule has 0 aromatic heterocycles. The summed E-state index contributed by atoms with van der Waals surface area (Å²) in [5.41, 5.74) is 2.05. The molecule has 1 aliphatic rings. The van der Waals surface area contributed by atoms with Gasteiger partial charge in [-0.05, 0) is 66.6 Å². The van der Waals surface area contributed by atoms with Crippen molar-refractivity contribution >= 4 is 51.0 Å². The van der Waals surface area contributed by atoms with Crippen LogP contribution in [0.1, 0.15) is 33.8 Å². The van der Waals surface area contributed by atoms with Crippen LogP contribution in [0.5, 0.6) is 11.5 Å². The summed E-state index contributed by atoms with van der Waals surface area (Å²) in [5, 5.41) is 13.6. The van der Waals surface area contributed by atoms with Crippen LogP contribution in [0.25, 0.3) is 0 Å². The van der Waals surface area contributed by atoms with E-state index in [-0.39, 0.29) is 12.3 Å². The highest BCUT2D eigenvalue weighted by molar-refractivity contribution is 9.10. The van der Waals surface area contributed by atoms with Crippen molar-refractivity contribution in [3.8, 4) is 11.5 Å². The molecule has 0 saturated heterocycles. The molecule has 3 aromatic rings. The molecule has 9 heteroatoms. The van der Waals surface area contributed by atoms with Crippen molar-refractivity contribution in [2.24, 2.45) is 0 Å². The van der Waals surface area contributed by atoms with E-state index in [1.807, 2.05) is 18.2 Å². The van der Waals surface area contributed by atoms with E-state index in [9.17, 15) is 14.7 Å². The Kier molecular flexibility index (Phi) is 7.66. The van der Waals surface area contributed by atoms with Crippen LogP contribution < -0.4 is 14.8 Å². The summed E-state index contributed by atoms with van der Waals surface area (Å²) in [6, 6.07) is 17.0. The maximum absolute atomic E-state index is 12.5. The molecule has 34 heavy (non-hydrogen) atoms. The van der Waals surface area contributed by atoms with Crippen LogP contribution in [0.3, 0.4) is 0 Å². The fourth-order valence-electron chi connectivity index (χ4n) is 3.69. The van der Waals surface area contributed by atoms with Gasteiger partial charge in [-0.3, -0.25) is 9.59 Å². The number of halogens is 3. The number of fused-ring (bicyclic) bond motifs is 1. The van der Waals surface area contributed by atoms with Crippen molar-refractivity contribution in [3.05, 3.63) is 91.9 Å². The lowest BCUT2D eigenvalue weighted by atomic mass is 9.92. The van der Waals surface area contributed by atoms with Crippen LogP contribution in [-0.2, 0) is 11.2 Å². The van der Waals surface area contributed by atoms with E-state index in [4.69, 9.17) is 32.7 Å². The van der Waals surface area contributed by atoms with E-state index < -0.39 is 18.2 Å². The van der Waals surface area contributed by atoms with Gasteiger partial charge in [-0.2, -0.15) is 0 Å². The van der Waals surface area contributed by atoms with E-state index in [1.54, 1.807) is 42.5 Å². The molecule has 0 spiro atoms. The second-order valence-corrected chi connectivity index (χ2v) is 9.47. The number of carboxylic acid groups (broad SMARTS) is 1. The molecule has 2 unspecified atom stereocenters. The molecule has 1 amide bonds. The van der Waals surface area contributed by atoms with Crippen molar-refractivity contribution in [1.82, 2.24) is 5.32 Å². The van der Waals surface area contributed by atoms with Crippen molar-refractivity contribution in [3.63, 3.8) is 0 Å². The Hall–Kier alpha value is -2.74. The van der Waals surface area contributed by atoms with E-state index >= 15 is 0 Å². The maximum atomic E-state index is 12.5. The van der Waals surface area contributed by atoms with Crippen molar-refractivity contribution in [2.45, 2.75) is 25.0 Å². The van der Waals surface area contributed by atoms with Gasteiger partial charge in [-0.15, -0.1) is 0 Å². The molecule has 1 heterocycles. The van der Waals surface area contributed by atoms with Gasteiger partial charge < -0.3 is 19.9 Å². The van der Waals surface area contributed by atoms with Crippen LogP contribution in [0.4, 0.5) is 0 Å². The highest BCUT2D eigenvalue weighted by Gasteiger charge is 2.34. The van der Waals surface area contributed by atoms with Gasteiger partial charge in [0.2, 0.25) is 6.29 Å². The largest absolute Gasteiger partial charge is 0.481 e. The average Bonchev–Trinajstić information content (AvgIpc) is 2.80. The molecule has 3 aromatic carbocycles. The zero-order valence-electron chi connectivity index (χ0n) is 17.8. The summed E-state index contributed by atoms with van der Waals surface area (Å²) in [5.74, 6) is -1.08. The van der Waals surface area contributed by atoms with Crippen LogP contribution in [0, 0.1) is 0 Å². The second kappa shape index (κ2) is 10.7. The first-order chi connectivity index (χ1) is 16.3. The number of carbonyl (C=O) groups excluding carboxylic acids is 1. The highest BCUT2D eigenvalue weighted by atomic mass is 79.9. The monoisotopic (exact) mass is 563 g/mol. The lowest BCUT2D eigenvalue weighted by Gasteiger charge is -2.30. The summed E-state index contributed by atoms with van der Waals surface area (Å²) in [6.45, 7) is 0.466. The minimum Gasteiger partial charge on any atom is -0.481 e. The first-order valence-electron chi connectivity index (χ1n) is 10.5. The van der Waals surface area contributed by atoms with Crippen LogP contribution in [-0.4, -0.2) is 29.8 Å². The lowest BCUT2D eigenvalue weighted by molar-refractivity contribution is -0.141. The summed E-state index contributed by atoms with van der Waals surface area (Å²) in [6.07, 6.45) is -0.000896. The molecule has 176 valence electrons. The quantitative estimate of drug-likeness (QED) is 0.363. The second-order valence-electron chi connectivity index (χ2n) is 7.74. The molecule has 0 fully saturated rings. The van der Waals surface area contributed by atoms with Gasteiger partial charge >= 0.3 is 5.97 Å². The number of hydrogen-bond donors (Lipinski definition) is 2. The summed E-state index contributed by atoms with van der Waals surface area (Å²) >= 11 is 15.4. The normalized spacial score (nSPS) is 16.8. The zero-order valence-corrected chi connectivity index (χ0v) is 20.9. The summed E-state index contributed by atoms with van der Waals surface area (Å²) in [4.78, 5) is 24.2. The van der Waals surface area contributed by atoms with Gasteiger partial charge in [-0.25, -0.2) is 0 Å². The predicted octanol–water partition coefficient (Wildman–Crippen LogP) is 6.08. The van der Waals surface area contributed by atoms with Gasteiger partial charge in [0.25, 0.3) is 5.91 Å². The van der Waals surface area contributed by atoms with Gasteiger partial charge in [0.15, 0.2) is 0 Å². The molecule has 2 atom stereocenters. The van der Waals surface area contributed by atoms with Gasteiger partial charge in [0.1, 0.15) is 11.5 Å². The Morgan fingerprint density at radius 3 is 2.47 bits per heavy atom. The standard InChI is InChI=1S/C25H20BrCl2NO5/c26-21-12-17(28)4-1-14(21)9-10-29-24(30)15-2-6-18(7-3-15)33-23-13-20(25(31)32)19-11-16(27)5-8-22(19)34-23/h1-8,11-12,20,23H,9-10,13H2,(H,29,30)(H,31,32). The number of aliphatic carboxylic acids is 1. The Bertz CT molecular complexity index is 1220. The van der Waals surface area contributed by atoms with Crippen LogP contribution >= 0.6 is 39.1 Å². The van der Waals surface area contributed by atoms with E-state index in [1.165, 1.54) is 0 Å². The Balaban J connectivity index is 1.34. The number of ether oxygens (including phenoxy) is 2. The molecule has 1 aliphatic heterocycles. The third-order valence-corrected chi connectivity index (χ3v) is 6.62. The molecule has 2 N–H and O–H groups in total. The van der Waals surface area contributed by atoms with E-state index in [0.717, 1.165) is 10.0 Å². The molecule has 6 nitrogen and oxygen atoms in total. The van der Waals surface area contributed by atoms with Crippen molar-refractivity contribution in [1.29, 1.82) is 0 Å². The molecule has 0 saturated carbocycles. The number of carbonyl (C=O) groups is 2. The Labute approximate surface area is 214 Å². The first-order valence-corrected chi connectivity index (χ1v) is 12.0. The topological polar surface area (TPSA) is 84.9 Å². The smallest absolute Gasteiger partial charge is 0.311 e. The number of nitrogens with one attached hydrogen (secondary N) is 1. The molecule has 0 bridgehead atoms. The van der Waals surface area contributed by atoms with E-state index in [2.05, 4.69) is 21.2 Å². The fourth-order valence-corrected chi connectivity index (χ4v) is 4.75. The fraction of sp³-hybridized carbons (Fsp3) is 0.200. The predicted molar refractivity (Wildman–Crippen MR) is 133 cm³/mol. The number of carboxylic acids is 1. The lowest BCUT2D eigenvalue weighted by Crippen LogP contribution is -2.33. The molecular weight excluding hydrogens is 545 g/mol. The van der Waals surface area contributed by atoms with Gasteiger partial charge in [0, 0.05) is 38.6 Å². The van der Waals surface area contributed by atoms with Gasteiger partial charge in [-0.1, -0.05) is 45.2 Å². The maximum Gasteiger partial charge on any atom is 0.311 e. The average molecular weight is 565 g/mol. The third-order valence-electron chi connectivity index (χ3n) is 5.41. The number of rotatable bonds is 7. The molecule has 4 rings (SSSR count). The van der Waals surface area contributed by atoms with E-state index in [0.29, 0.717) is 45.6 Å². The minimum absolute atomic E-state index is 0.130. The molecule has 0 radical (unpaired) electrons. The zero-order chi connectivity index (χ0) is 24.2. The molecular formula is C25H20BrCl2NO5. The third kappa shape index (κ3) is 5.84. The Morgan fingerprint density at radius 1 is 1.06 bits per heavy atom. The molecule has 0 aliphatic carbocycles. The van der Waals surface area contributed by atoms with Crippen LogP contribution in [0.2, 0.25) is 10.0 Å². The number of benzene rings is 3. The first kappa shape index (κ1) is 24.4. The number of amides is 1. The highest BCUT2D eigenvalue weighted by Crippen LogP contribution is 2.38. The minimum atomic E-state index is -0.974. The van der Waals surface area contributed by atoms with Gasteiger partial charge in [0.05, 0.1) is 5.92 Å².